The minimum atomic E-state index is -4.92. The molecule has 0 bridgehead atoms. The molecule has 0 amide bonds. The van der Waals surface area contributed by atoms with Crippen molar-refractivity contribution in [2.75, 3.05) is 26.7 Å². The molecular weight excluding hydrogens is 425 g/mol. The molecule has 1 heterocycles. The Morgan fingerprint density at radius 2 is 2.00 bits per heavy atom. The van der Waals surface area contributed by atoms with Gasteiger partial charge in [-0.3, -0.25) is 0 Å². The van der Waals surface area contributed by atoms with Gasteiger partial charge >= 0.3 is 6.36 Å². The molecule has 0 aromatic heterocycles. The van der Waals surface area contributed by atoms with Crippen molar-refractivity contribution in [3.05, 3.63) is 30.2 Å². The number of hydrogen-bond acceptors (Lipinski definition) is 6. The maximum Gasteiger partial charge on any atom is 0.573 e. The lowest BCUT2D eigenvalue weighted by molar-refractivity contribution is -0.274. The molecule has 158 valence electrons. The molecule has 1 aromatic carbocycles. The van der Waals surface area contributed by atoms with Gasteiger partial charge in [0.15, 0.2) is 0 Å². The Hall–Kier alpha value is -1.83. The summed E-state index contributed by atoms with van der Waals surface area (Å²) in [5, 5.41) is 0.756. The molecule has 1 atom stereocenters. The van der Waals surface area contributed by atoms with Gasteiger partial charge in [0.25, 0.3) is 0 Å². The monoisotopic (exact) mass is 444 g/mol. The molecule has 0 radical (unpaired) electrons. The number of ether oxygens (including phenoxy) is 2. The Morgan fingerprint density at radius 1 is 1.32 bits per heavy atom. The van der Waals surface area contributed by atoms with Crippen molar-refractivity contribution in [1.82, 2.24) is 9.03 Å². The maximum absolute atomic E-state index is 12.8. The maximum atomic E-state index is 12.8. The molecule has 1 aromatic rings. The molecule has 13 heteroatoms. The van der Waals surface area contributed by atoms with E-state index < -0.39 is 32.2 Å². The lowest BCUT2D eigenvalue weighted by Gasteiger charge is -2.19. The summed E-state index contributed by atoms with van der Waals surface area (Å²) in [5.74, 6) is -1.16. The first-order valence-corrected chi connectivity index (χ1v) is 10.9. The van der Waals surface area contributed by atoms with E-state index >= 15 is 0 Å². The molecule has 0 saturated carbocycles. The van der Waals surface area contributed by atoms with Crippen LogP contribution >= 0.6 is 0 Å². The van der Waals surface area contributed by atoms with Gasteiger partial charge in [0, 0.05) is 31.1 Å². The lowest BCUT2D eigenvalue weighted by atomic mass is 10.1. The minimum absolute atomic E-state index is 0.0376. The highest BCUT2D eigenvalue weighted by molar-refractivity contribution is 7.92. The third kappa shape index (κ3) is 5.59. The summed E-state index contributed by atoms with van der Waals surface area (Å²) in [6.07, 6.45) is -4.51. The van der Waals surface area contributed by atoms with Crippen molar-refractivity contribution in [2.24, 2.45) is 5.92 Å². The molecule has 28 heavy (non-hydrogen) atoms. The molecule has 1 aliphatic heterocycles. The van der Waals surface area contributed by atoms with Crippen molar-refractivity contribution in [2.45, 2.75) is 17.7 Å². The summed E-state index contributed by atoms with van der Waals surface area (Å²) in [6.45, 7) is 3.39. The van der Waals surface area contributed by atoms with Crippen LogP contribution in [0.15, 0.2) is 35.1 Å². The van der Waals surface area contributed by atoms with E-state index in [2.05, 4.69) is 16.0 Å². The molecule has 1 aliphatic rings. The first kappa shape index (κ1) is 22.5. The summed E-state index contributed by atoms with van der Waals surface area (Å²) in [4.78, 5) is -0.308. The van der Waals surface area contributed by atoms with Crippen LogP contribution in [0.1, 0.15) is 6.42 Å². The van der Waals surface area contributed by atoms with Crippen molar-refractivity contribution >= 4 is 20.0 Å². The second-order valence-corrected chi connectivity index (χ2v) is 9.56. The second kappa shape index (κ2) is 8.27. The third-order valence-corrected chi connectivity index (χ3v) is 6.94. The SMILES string of the molecule is C=CS(=O)(=O)NC[C@H]1CCN(S(=O)(=O)c2ccc(OC(F)(F)F)cc2OC)C1. The molecular formula is C15H19F3N2O6S2. The van der Waals surface area contributed by atoms with Crippen LogP contribution in [0, 0.1) is 5.92 Å². The van der Waals surface area contributed by atoms with Crippen molar-refractivity contribution in [1.29, 1.82) is 0 Å². The zero-order valence-electron chi connectivity index (χ0n) is 14.8. The smallest absolute Gasteiger partial charge is 0.495 e. The highest BCUT2D eigenvalue weighted by atomic mass is 32.2. The Bertz CT molecular complexity index is 932. The number of alkyl halides is 3. The average molecular weight is 444 g/mol. The number of nitrogens with zero attached hydrogens (tertiary/aromatic N) is 1. The molecule has 1 N–H and O–H groups in total. The van der Waals surface area contributed by atoms with Gasteiger partial charge in [-0.25, -0.2) is 21.6 Å². The van der Waals surface area contributed by atoms with E-state index in [1.54, 1.807) is 0 Å². The van der Waals surface area contributed by atoms with E-state index in [4.69, 9.17) is 4.74 Å². The fraction of sp³-hybridized carbons (Fsp3) is 0.467. The zero-order chi connectivity index (χ0) is 21.2. The van der Waals surface area contributed by atoms with Crippen molar-refractivity contribution < 1.29 is 39.5 Å². The number of nitrogens with one attached hydrogen (secondary N) is 1. The van der Waals surface area contributed by atoms with Gasteiger partial charge < -0.3 is 9.47 Å². The summed E-state index contributed by atoms with van der Waals surface area (Å²) >= 11 is 0. The van der Waals surface area contributed by atoms with Crippen LogP contribution in [0.4, 0.5) is 13.2 Å². The summed E-state index contributed by atoms with van der Waals surface area (Å²) < 4.78 is 97.6. The van der Waals surface area contributed by atoms with Crippen LogP contribution < -0.4 is 14.2 Å². The van der Waals surface area contributed by atoms with Crippen LogP contribution in [-0.2, 0) is 20.0 Å². The van der Waals surface area contributed by atoms with Gasteiger partial charge in [-0.1, -0.05) is 6.58 Å². The summed E-state index contributed by atoms with van der Waals surface area (Å²) in [6, 6.07) is 2.70. The van der Waals surface area contributed by atoms with E-state index in [0.717, 1.165) is 35.0 Å². The van der Waals surface area contributed by atoms with E-state index in [0.29, 0.717) is 6.42 Å². The van der Waals surface area contributed by atoms with Crippen molar-refractivity contribution in [3.63, 3.8) is 0 Å². The number of rotatable bonds is 8. The van der Waals surface area contributed by atoms with Crippen LogP contribution in [0.3, 0.4) is 0 Å². The second-order valence-electron chi connectivity index (χ2n) is 5.94. The summed E-state index contributed by atoms with van der Waals surface area (Å²) in [7, 11) is -6.55. The van der Waals surface area contributed by atoms with Crippen LogP contribution in [0.25, 0.3) is 0 Å². The van der Waals surface area contributed by atoms with Gasteiger partial charge in [0.2, 0.25) is 20.0 Å². The first-order valence-electron chi connectivity index (χ1n) is 7.94. The van der Waals surface area contributed by atoms with E-state index in [1.807, 2.05) is 0 Å². The highest BCUT2D eigenvalue weighted by Gasteiger charge is 2.36. The van der Waals surface area contributed by atoms with Crippen LogP contribution in [0.5, 0.6) is 11.5 Å². The number of methoxy groups -OCH3 is 1. The predicted octanol–water partition coefficient (Wildman–Crippen LogP) is 1.67. The molecule has 8 nitrogen and oxygen atoms in total. The number of benzene rings is 1. The Kier molecular flexibility index (Phi) is 6.63. The van der Waals surface area contributed by atoms with Gasteiger partial charge in [-0.2, -0.15) is 4.31 Å². The standard InChI is InChI=1S/C15H19F3N2O6S2/c1-3-27(21,22)19-9-11-6-7-20(10-11)28(23,24)14-5-4-12(8-13(14)25-2)26-15(16,17)18/h3-5,8,11,19H,1,6-7,9-10H2,2H3/t11-/m1/s1. The Morgan fingerprint density at radius 3 is 2.57 bits per heavy atom. The number of hydrogen-bond donors (Lipinski definition) is 1. The minimum Gasteiger partial charge on any atom is -0.495 e. The normalized spacial score (nSPS) is 18.8. The average Bonchev–Trinajstić information content (AvgIpc) is 3.08. The van der Waals surface area contributed by atoms with Crippen LogP contribution in [-0.4, -0.2) is 54.2 Å². The lowest BCUT2D eigenvalue weighted by Crippen LogP contribution is -2.32. The largest absolute Gasteiger partial charge is 0.573 e. The number of sulfonamides is 2. The fourth-order valence-electron chi connectivity index (χ4n) is 2.67. The fourth-order valence-corrected chi connectivity index (χ4v) is 4.93. The van der Waals surface area contributed by atoms with Crippen LogP contribution in [0.2, 0.25) is 0 Å². The Balaban J connectivity index is 2.17. The topological polar surface area (TPSA) is 102 Å². The van der Waals surface area contributed by atoms with E-state index in [9.17, 15) is 30.0 Å². The van der Waals surface area contributed by atoms with Crippen molar-refractivity contribution in [3.8, 4) is 11.5 Å². The molecule has 0 aliphatic carbocycles. The molecule has 1 saturated heterocycles. The molecule has 0 unspecified atom stereocenters. The first-order chi connectivity index (χ1) is 12.9. The quantitative estimate of drug-likeness (QED) is 0.655. The van der Waals surface area contributed by atoms with Gasteiger partial charge in [0.1, 0.15) is 16.4 Å². The predicted molar refractivity (Wildman–Crippen MR) is 93.7 cm³/mol. The number of halogens is 3. The van der Waals surface area contributed by atoms with Gasteiger partial charge in [-0.15, -0.1) is 13.2 Å². The molecule has 0 spiro atoms. The molecule has 1 fully saturated rings. The third-order valence-electron chi connectivity index (χ3n) is 4.03. The van der Waals surface area contributed by atoms with Gasteiger partial charge in [-0.05, 0) is 24.5 Å². The van der Waals surface area contributed by atoms with E-state index in [1.165, 1.54) is 0 Å². The van der Waals surface area contributed by atoms with Gasteiger partial charge in [0.05, 0.1) is 7.11 Å². The highest BCUT2D eigenvalue weighted by Crippen LogP contribution is 2.34. The Labute approximate surface area is 161 Å². The summed E-state index contributed by atoms with van der Waals surface area (Å²) in [5.41, 5.74) is 0. The van der Waals surface area contributed by atoms with E-state index in [-0.39, 0.29) is 36.2 Å². The molecule has 2 rings (SSSR count). The zero-order valence-corrected chi connectivity index (χ0v) is 16.4.